The topological polar surface area (TPSA) is 50.3 Å². The van der Waals surface area contributed by atoms with Crippen LogP contribution < -0.4 is 0 Å². The van der Waals surface area contributed by atoms with Crippen molar-refractivity contribution in [3.63, 3.8) is 0 Å². The van der Waals surface area contributed by atoms with Gasteiger partial charge in [0.1, 0.15) is 0 Å². The summed E-state index contributed by atoms with van der Waals surface area (Å²) in [5, 5.41) is 0.941. The highest BCUT2D eigenvalue weighted by atomic mass is 16.2. The van der Waals surface area contributed by atoms with Gasteiger partial charge in [0, 0.05) is 24.5 Å². The summed E-state index contributed by atoms with van der Waals surface area (Å²) >= 11 is 0. The van der Waals surface area contributed by atoms with Crippen LogP contribution in [0.5, 0.6) is 0 Å². The van der Waals surface area contributed by atoms with E-state index in [1.54, 1.807) is 17.2 Å². The number of fused-ring (bicyclic) bond motifs is 1. The molecule has 1 aromatic carbocycles. The molecule has 2 heterocycles. The molecular weight excluding hydrogens is 240 g/mol. The predicted molar refractivity (Wildman–Crippen MR) is 71.9 cm³/mol. The van der Waals surface area contributed by atoms with Gasteiger partial charge in [-0.05, 0) is 18.6 Å². The zero-order chi connectivity index (χ0) is 13.2. The molecule has 0 spiro atoms. The Balaban J connectivity index is 1.99. The van der Waals surface area contributed by atoms with Crippen molar-refractivity contribution in [1.82, 2.24) is 9.88 Å². The average molecular weight is 254 g/mol. The van der Waals surface area contributed by atoms with E-state index in [2.05, 4.69) is 4.98 Å². The third kappa shape index (κ3) is 2.21. The second-order valence-corrected chi connectivity index (χ2v) is 4.75. The summed E-state index contributed by atoms with van der Waals surface area (Å²) in [6.45, 7) is 0.871. The first-order valence-electron chi connectivity index (χ1n) is 6.40. The quantitative estimate of drug-likeness (QED) is 0.782. The van der Waals surface area contributed by atoms with E-state index in [0.29, 0.717) is 24.0 Å². The molecule has 1 fully saturated rings. The molecule has 0 N–H and O–H groups in total. The molecule has 1 aliphatic rings. The van der Waals surface area contributed by atoms with Gasteiger partial charge < -0.3 is 4.90 Å². The molecule has 1 aromatic heterocycles. The van der Waals surface area contributed by atoms with Gasteiger partial charge in [-0.25, -0.2) is 0 Å². The molecule has 3 rings (SSSR count). The molecule has 0 atom stereocenters. The Morgan fingerprint density at radius 3 is 2.89 bits per heavy atom. The lowest BCUT2D eigenvalue weighted by Gasteiger charge is -2.26. The van der Waals surface area contributed by atoms with Crippen LogP contribution in [-0.4, -0.2) is 34.7 Å². The maximum atomic E-state index is 12.5. The van der Waals surface area contributed by atoms with Crippen molar-refractivity contribution in [3.8, 4) is 0 Å². The molecule has 1 aliphatic heterocycles. The molecule has 0 radical (unpaired) electrons. The Labute approximate surface area is 111 Å². The fourth-order valence-electron chi connectivity index (χ4n) is 2.46. The number of carbonyl (C=O) groups excluding carboxylic acids is 2. The highest BCUT2D eigenvalue weighted by molar-refractivity contribution is 6.06. The summed E-state index contributed by atoms with van der Waals surface area (Å²) in [5.41, 5.74) is 1.28. The Morgan fingerprint density at radius 2 is 2.05 bits per heavy atom. The lowest BCUT2D eigenvalue weighted by molar-refractivity contribution is -0.121. The minimum Gasteiger partial charge on any atom is -0.331 e. The Morgan fingerprint density at radius 1 is 1.21 bits per heavy atom. The van der Waals surface area contributed by atoms with Crippen LogP contribution in [0.15, 0.2) is 36.5 Å². The number of ketones is 1. The molecule has 1 amide bonds. The highest BCUT2D eigenvalue weighted by Gasteiger charge is 2.23. The number of aromatic nitrogens is 1. The summed E-state index contributed by atoms with van der Waals surface area (Å²) in [6, 6.07) is 9.34. The van der Waals surface area contributed by atoms with Crippen LogP contribution in [-0.2, 0) is 4.79 Å². The van der Waals surface area contributed by atoms with Gasteiger partial charge in [-0.3, -0.25) is 14.6 Å². The van der Waals surface area contributed by atoms with Crippen LogP contribution in [0.25, 0.3) is 10.9 Å². The molecule has 2 aromatic rings. The number of nitrogens with zero attached hydrogens (tertiary/aromatic N) is 2. The largest absolute Gasteiger partial charge is 0.331 e. The van der Waals surface area contributed by atoms with Crippen LogP contribution >= 0.6 is 0 Å². The van der Waals surface area contributed by atoms with E-state index in [1.807, 2.05) is 24.3 Å². The van der Waals surface area contributed by atoms with Gasteiger partial charge in [-0.15, -0.1) is 0 Å². The van der Waals surface area contributed by atoms with Crippen LogP contribution in [0.4, 0.5) is 0 Å². The van der Waals surface area contributed by atoms with E-state index in [1.165, 1.54) is 0 Å². The molecule has 0 bridgehead atoms. The molecule has 4 heteroatoms. The standard InChI is InChI=1S/C15H14N2O2/c18-12-6-3-9-17(10-12)15(19)13-7-1-4-11-5-2-8-16-14(11)13/h1-2,4-5,7-8H,3,6,9-10H2. The van der Waals surface area contributed by atoms with Crippen molar-refractivity contribution >= 4 is 22.6 Å². The first kappa shape index (κ1) is 11.8. The number of likely N-dealkylation sites (tertiary alicyclic amines) is 1. The Kier molecular flexibility index (Phi) is 2.99. The average Bonchev–Trinajstić information content (AvgIpc) is 2.46. The molecule has 1 saturated heterocycles. The van der Waals surface area contributed by atoms with Gasteiger partial charge in [0.2, 0.25) is 0 Å². The summed E-state index contributed by atoms with van der Waals surface area (Å²) in [5.74, 6) is 0.0325. The first-order chi connectivity index (χ1) is 9.25. The van der Waals surface area contributed by atoms with Crippen molar-refractivity contribution in [2.75, 3.05) is 13.1 Å². The number of amides is 1. The third-order valence-corrected chi connectivity index (χ3v) is 3.40. The molecule has 0 aliphatic carbocycles. The number of hydrogen-bond acceptors (Lipinski definition) is 3. The summed E-state index contributed by atoms with van der Waals surface area (Å²) in [4.78, 5) is 29.9. The van der Waals surface area contributed by atoms with Crippen molar-refractivity contribution < 1.29 is 9.59 Å². The molecule has 19 heavy (non-hydrogen) atoms. The fraction of sp³-hybridized carbons (Fsp3) is 0.267. The van der Waals surface area contributed by atoms with Crippen LogP contribution in [0, 0.1) is 0 Å². The van der Waals surface area contributed by atoms with E-state index < -0.39 is 0 Å². The lowest BCUT2D eigenvalue weighted by Crippen LogP contribution is -2.40. The molecular formula is C15H14N2O2. The van der Waals surface area contributed by atoms with E-state index in [4.69, 9.17) is 0 Å². The molecule has 0 unspecified atom stereocenters. The fourth-order valence-corrected chi connectivity index (χ4v) is 2.46. The molecule has 4 nitrogen and oxygen atoms in total. The number of rotatable bonds is 1. The maximum Gasteiger partial charge on any atom is 0.256 e. The van der Waals surface area contributed by atoms with Crippen molar-refractivity contribution in [2.45, 2.75) is 12.8 Å². The van der Waals surface area contributed by atoms with E-state index in [-0.39, 0.29) is 18.2 Å². The van der Waals surface area contributed by atoms with Crippen LogP contribution in [0.3, 0.4) is 0 Å². The summed E-state index contributed by atoms with van der Waals surface area (Å²) in [6.07, 6.45) is 3.01. The van der Waals surface area contributed by atoms with E-state index in [9.17, 15) is 9.59 Å². The number of carbonyl (C=O) groups is 2. The van der Waals surface area contributed by atoms with Crippen molar-refractivity contribution in [2.24, 2.45) is 0 Å². The summed E-state index contributed by atoms with van der Waals surface area (Å²) in [7, 11) is 0. The number of hydrogen-bond donors (Lipinski definition) is 0. The minimum atomic E-state index is -0.0997. The lowest BCUT2D eigenvalue weighted by atomic mass is 10.1. The SMILES string of the molecule is O=C1CCCN(C(=O)c2cccc3cccnc23)C1. The zero-order valence-electron chi connectivity index (χ0n) is 10.5. The number of benzene rings is 1. The Bertz CT molecular complexity index is 646. The normalized spacial score (nSPS) is 15.8. The number of Topliss-reactive ketones (excluding diaryl/α,β-unsaturated/α-hetero) is 1. The maximum absolute atomic E-state index is 12.5. The van der Waals surface area contributed by atoms with Crippen LogP contribution in [0.2, 0.25) is 0 Å². The smallest absolute Gasteiger partial charge is 0.256 e. The minimum absolute atomic E-state index is 0.0997. The summed E-state index contributed by atoms with van der Waals surface area (Å²) < 4.78 is 0. The van der Waals surface area contributed by atoms with E-state index in [0.717, 1.165) is 11.8 Å². The van der Waals surface area contributed by atoms with Crippen LogP contribution in [0.1, 0.15) is 23.2 Å². The van der Waals surface area contributed by atoms with Gasteiger partial charge in [-0.2, -0.15) is 0 Å². The van der Waals surface area contributed by atoms with Gasteiger partial charge >= 0.3 is 0 Å². The van der Waals surface area contributed by atoms with Crippen molar-refractivity contribution in [3.05, 3.63) is 42.1 Å². The molecule has 96 valence electrons. The number of pyridine rings is 1. The first-order valence-corrected chi connectivity index (χ1v) is 6.40. The predicted octanol–water partition coefficient (Wildman–Crippen LogP) is 2.04. The van der Waals surface area contributed by atoms with Gasteiger partial charge in [0.05, 0.1) is 17.6 Å². The second-order valence-electron chi connectivity index (χ2n) is 4.75. The zero-order valence-corrected chi connectivity index (χ0v) is 10.5. The van der Waals surface area contributed by atoms with Gasteiger partial charge in [-0.1, -0.05) is 18.2 Å². The number of para-hydroxylation sites is 1. The van der Waals surface area contributed by atoms with Gasteiger partial charge in [0.15, 0.2) is 5.78 Å². The second kappa shape index (κ2) is 4.80. The van der Waals surface area contributed by atoms with Crippen molar-refractivity contribution in [1.29, 1.82) is 0 Å². The number of piperidine rings is 1. The van der Waals surface area contributed by atoms with E-state index >= 15 is 0 Å². The third-order valence-electron chi connectivity index (χ3n) is 3.40. The molecule has 0 saturated carbocycles. The Hall–Kier alpha value is -2.23. The highest BCUT2D eigenvalue weighted by Crippen LogP contribution is 2.19. The van der Waals surface area contributed by atoms with Gasteiger partial charge in [0.25, 0.3) is 5.91 Å². The monoisotopic (exact) mass is 254 g/mol.